The minimum Gasteiger partial charge on any atom is -0.345 e. The number of hydrogen-bond acceptors (Lipinski definition) is 4. The Balaban J connectivity index is 2.01. The van der Waals surface area contributed by atoms with Crippen LogP contribution in [0.4, 0.5) is 0 Å². The number of thiophene rings is 1. The van der Waals surface area contributed by atoms with Crippen molar-refractivity contribution in [3.05, 3.63) is 58.3 Å². The lowest BCUT2D eigenvalue weighted by Crippen LogP contribution is -2.25. The van der Waals surface area contributed by atoms with E-state index < -0.39 is 10.0 Å². The van der Waals surface area contributed by atoms with Crippen molar-refractivity contribution in [1.29, 1.82) is 0 Å². The second kappa shape index (κ2) is 8.23. The standard InChI is InChI=1S/C17H20N2O3S2/c1-3-15(16-5-4-12-23-16)19-17(20)11-8-13-6-9-14(10-7-13)24(21,22)18-2/h4-12,15,18H,3H2,1-2H3,(H,19,20). The van der Waals surface area contributed by atoms with Crippen LogP contribution in [0.2, 0.25) is 0 Å². The largest absolute Gasteiger partial charge is 0.345 e. The molecule has 128 valence electrons. The molecule has 0 bridgehead atoms. The molecule has 1 unspecified atom stereocenters. The fourth-order valence-electron chi connectivity index (χ4n) is 2.13. The highest BCUT2D eigenvalue weighted by Gasteiger charge is 2.12. The van der Waals surface area contributed by atoms with Crippen LogP contribution in [0.1, 0.15) is 29.8 Å². The normalized spacial score (nSPS) is 13.1. The third-order valence-electron chi connectivity index (χ3n) is 3.50. The van der Waals surface area contributed by atoms with Crippen molar-refractivity contribution in [2.75, 3.05) is 7.05 Å². The summed E-state index contributed by atoms with van der Waals surface area (Å²) in [4.78, 5) is 13.4. The van der Waals surface area contributed by atoms with E-state index in [1.165, 1.54) is 25.3 Å². The predicted molar refractivity (Wildman–Crippen MR) is 97.2 cm³/mol. The van der Waals surface area contributed by atoms with E-state index in [1.807, 2.05) is 24.4 Å². The van der Waals surface area contributed by atoms with Gasteiger partial charge in [0.2, 0.25) is 15.9 Å². The van der Waals surface area contributed by atoms with Crippen molar-refractivity contribution in [2.45, 2.75) is 24.3 Å². The van der Waals surface area contributed by atoms with Crippen LogP contribution in [0.25, 0.3) is 6.08 Å². The number of nitrogens with one attached hydrogen (secondary N) is 2. The van der Waals surface area contributed by atoms with Crippen molar-refractivity contribution < 1.29 is 13.2 Å². The summed E-state index contributed by atoms with van der Waals surface area (Å²) in [5.74, 6) is -0.179. The van der Waals surface area contributed by atoms with Gasteiger partial charge in [-0.25, -0.2) is 13.1 Å². The van der Waals surface area contributed by atoms with Gasteiger partial charge in [0.15, 0.2) is 0 Å². The van der Waals surface area contributed by atoms with Gasteiger partial charge in [-0.3, -0.25) is 4.79 Å². The molecule has 24 heavy (non-hydrogen) atoms. The van der Waals surface area contributed by atoms with Gasteiger partial charge in [0.05, 0.1) is 10.9 Å². The molecule has 2 N–H and O–H groups in total. The van der Waals surface area contributed by atoms with Gasteiger partial charge >= 0.3 is 0 Å². The highest BCUT2D eigenvalue weighted by Crippen LogP contribution is 2.21. The summed E-state index contributed by atoms with van der Waals surface area (Å²) in [7, 11) is -2.08. The Morgan fingerprint density at radius 1 is 1.25 bits per heavy atom. The molecule has 0 spiro atoms. The van der Waals surface area contributed by atoms with E-state index >= 15 is 0 Å². The maximum Gasteiger partial charge on any atom is 0.244 e. The molecule has 7 heteroatoms. The lowest BCUT2D eigenvalue weighted by atomic mass is 10.2. The van der Waals surface area contributed by atoms with Gasteiger partial charge in [0.1, 0.15) is 0 Å². The second-order valence-electron chi connectivity index (χ2n) is 5.09. The Labute approximate surface area is 146 Å². The van der Waals surface area contributed by atoms with E-state index in [0.717, 1.165) is 16.9 Å². The van der Waals surface area contributed by atoms with E-state index in [0.29, 0.717) is 0 Å². The fraction of sp³-hybridized carbons (Fsp3) is 0.235. The van der Waals surface area contributed by atoms with Crippen molar-refractivity contribution in [2.24, 2.45) is 0 Å². The summed E-state index contributed by atoms with van der Waals surface area (Å²) in [6, 6.07) is 10.3. The third-order valence-corrected chi connectivity index (χ3v) is 5.91. The first kappa shape index (κ1) is 18.4. The lowest BCUT2D eigenvalue weighted by molar-refractivity contribution is -0.117. The Kier molecular flexibility index (Phi) is 6.30. The number of rotatable bonds is 7. The fourth-order valence-corrected chi connectivity index (χ4v) is 3.72. The van der Waals surface area contributed by atoms with Crippen molar-refractivity contribution >= 4 is 33.3 Å². The average molecular weight is 364 g/mol. The first-order valence-corrected chi connectivity index (χ1v) is 9.88. The highest BCUT2D eigenvalue weighted by molar-refractivity contribution is 7.89. The van der Waals surface area contributed by atoms with Gasteiger partial charge in [0.25, 0.3) is 0 Å². The second-order valence-corrected chi connectivity index (χ2v) is 7.96. The van der Waals surface area contributed by atoms with Crippen LogP contribution in [-0.2, 0) is 14.8 Å². The number of carbonyl (C=O) groups excluding carboxylic acids is 1. The first-order chi connectivity index (χ1) is 11.5. The predicted octanol–water partition coefficient (Wildman–Crippen LogP) is 2.94. The molecule has 0 aliphatic rings. The molecule has 0 radical (unpaired) electrons. The highest BCUT2D eigenvalue weighted by atomic mass is 32.2. The van der Waals surface area contributed by atoms with Crippen LogP contribution in [0, 0.1) is 0 Å². The minimum atomic E-state index is -3.44. The quantitative estimate of drug-likeness (QED) is 0.742. The summed E-state index contributed by atoms with van der Waals surface area (Å²) < 4.78 is 25.6. The van der Waals surface area contributed by atoms with E-state index in [4.69, 9.17) is 0 Å². The van der Waals surface area contributed by atoms with Gasteiger partial charge in [-0.1, -0.05) is 25.1 Å². The zero-order chi connectivity index (χ0) is 17.6. The average Bonchev–Trinajstić information content (AvgIpc) is 3.12. The number of benzene rings is 1. The summed E-state index contributed by atoms with van der Waals surface area (Å²) in [6.45, 7) is 2.02. The maximum atomic E-state index is 12.1. The van der Waals surface area contributed by atoms with E-state index in [2.05, 4.69) is 10.0 Å². The molecule has 1 heterocycles. The van der Waals surface area contributed by atoms with Crippen molar-refractivity contribution in [3.8, 4) is 0 Å². The molecular weight excluding hydrogens is 344 g/mol. The topological polar surface area (TPSA) is 75.3 Å². The van der Waals surface area contributed by atoms with Crippen LogP contribution in [-0.4, -0.2) is 21.4 Å². The van der Waals surface area contributed by atoms with Crippen molar-refractivity contribution in [3.63, 3.8) is 0 Å². The van der Waals surface area contributed by atoms with E-state index in [1.54, 1.807) is 29.5 Å². The summed E-state index contributed by atoms with van der Waals surface area (Å²) in [6.07, 6.45) is 3.93. The molecule has 1 aromatic heterocycles. The Bertz CT molecular complexity index is 795. The molecule has 0 fully saturated rings. The zero-order valence-electron chi connectivity index (χ0n) is 13.5. The Hall–Kier alpha value is -1.96. The third kappa shape index (κ3) is 4.77. The molecule has 0 aliphatic carbocycles. The number of amides is 1. The number of hydrogen-bond donors (Lipinski definition) is 2. The van der Waals surface area contributed by atoms with E-state index in [-0.39, 0.29) is 16.8 Å². The molecule has 2 aromatic rings. The van der Waals surface area contributed by atoms with Gasteiger partial charge < -0.3 is 5.32 Å². The SMILES string of the molecule is CCC(NC(=O)C=Cc1ccc(S(=O)(=O)NC)cc1)c1cccs1. The molecule has 1 amide bonds. The van der Waals surface area contributed by atoms with Crippen molar-refractivity contribution in [1.82, 2.24) is 10.0 Å². The molecule has 0 aliphatic heterocycles. The zero-order valence-corrected chi connectivity index (χ0v) is 15.2. The van der Waals surface area contributed by atoms with Gasteiger partial charge in [0, 0.05) is 11.0 Å². The van der Waals surface area contributed by atoms with Crippen LogP contribution < -0.4 is 10.0 Å². The molecule has 2 rings (SSSR count). The summed E-state index contributed by atoms with van der Waals surface area (Å²) >= 11 is 1.62. The van der Waals surface area contributed by atoms with Crippen LogP contribution in [0.5, 0.6) is 0 Å². The monoisotopic (exact) mass is 364 g/mol. The molecule has 1 atom stereocenters. The Morgan fingerprint density at radius 3 is 2.50 bits per heavy atom. The molecule has 0 saturated heterocycles. The molecule has 0 saturated carbocycles. The maximum absolute atomic E-state index is 12.1. The lowest BCUT2D eigenvalue weighted by Gasteiger charge is -2.13. The van der Waals surface area contributed by atoms with Gasteiger partial charge in [-0.2, -0.15) is 0 Å². The molecular formula is C17H20N2O3S2. The van der Waals surface area contributed by atoms with Gasteiger partial charge in [-0.15, -0.1) is 11.3 Å². The molecule has 1 aromatic carbocycles. The minimum absolute atomic E-state index is 0.00491. The van der Waals surface area contributed by atoms with Crippen LogP contribution >= 0.6 is 11.3 Å². The summed E-state index contributed by atoms with van der Waals surface area (Å²) in [5.41, 5.74) is 0.754. The summed E-state index contributed by atoms with van der Waals surface area (Å²) in [5, 5.41) is 4.95. The number of carbonyl (C=O) groups is 1. The Morgan fingerprint density at radius 2 is 1.96 bits per heavy atom. The molecule has 5 nitrogen and oxygen atoms in total. The number of sulfonamides is 1. The van der Waals surface area contributed by atoms with Crippen LogP contribution in [0.3, 0.4) is 0 Å². The van der Waals surface area contributed by atoms with E-state index in [9.17, 15) is 13.2 Å². The smallest absolute Gasteiger partial charge is 0.244 e. The first-order valence-electron chi connectivity index (χ1n) is 7.52. The van der Waals surface area contributed by atoms with Gasteiger partial charge in [-0.05, 0) is 48.7 Å². The van der Waals surface area contributed by atoms with Crippen LogP contribution in [0.15, 0.2) is 52.7 Å².